The van der Waals surface area contributed by atoms with Gasteiger partial charge < -0.3 is 15.4 Å². The average Bonchev–Trinajstić information content (AvgIpc) is 2.47. The van der Waals surface area contributed by atoms with E-state index in [1.165, 1.54) is 0 Å². The van der Waals surface area contributed by atoms with Crippen LogP contribution >= 0.6 is 0 Å². The molecule has 0 fully saturated rings. The third-order valence-electron chi connectivity index (χ3n) is 3.51. The van der Waals surface area contributed by atoms with Crippen LogP contribution in [-0.4, -0.2) is 22.1 Å². The highest BCUT2D eigenvalue weighted by Crippen LogP contribution is 2.10. The molecule has 1 aromatic heterocycles. The second-order valence-electron chi connectivity index (χ2n) is 5.12. The van der Waals surface area contributed by atoms with Crippen LogP contribution in [-0.2, 0) is 11.3 Å². The van der Waals surface area contributed by atoms with E-state index in [9.17, 15) is 14.7 Å². The lowest BCUT2D eigenvalue weighted by molar-refractivity contribution is -0.139. The number of aliphatic carboxylic acids is 1. The Morgan fingerprint density at radius 2 is 2.14 bits per heavy atom. The van der Waals surface area contributed by atoms with Crippen molar-refractivity contribution in [2.24, 2.45) is 0 Å². The molecule has 5 heteroatoms. The lowest BCUT2D eigenvalue weighted by Gasteiger charge is -2.13. The number of aromatic nitrogens is 1. The highest BCUT2D eigenvalue weighted by atomic mass is 16.4. The molecule has 112 valence electrons. The predicted octanol–water partition coefficient (Wildman–Crippen LogP) is 2.26. The number of benzene rings is 1. The number of aromatic amines is 1. The van der Waals surface area contributed by atoms with Crippen molar-refractivity contribution < 1.29 is 9.90 Å². The molecule has 0 amide bonds. The summed E-state index contributed by atoms with van der Waals surface area (Å²) in [5.74, 6) is -0.874. The minimum atomic E-state index is -0.874. The van der Waals surface area contributed by atoms with Crippen molar-refractivity contribution in [1.82, 2.24) is 10.3 Å². The zero-order chi connectivity index (χ0) is 15.2. The number of nitrogens with one attached hydrogen (secondary N) is 2. The summed E-state index contributed by atoms with van der Waals surface area (Å²) in [7, 11) is 0. The summed E-state index contributed by atoms with van der Waals surface area (Å²) in [6.07, 6.45) is 2.36. The number of hydrogen-bond donors (Lipinski definition) is 3. The normalized spacial score (nSPS) is 12.4. The van der Waals surface area contributed by atoms with E-state index in [1.807, 2.05) is 31.2 Å². The fourth-order valence-electron chi connectivity index (χ4n) is 2.28. The Hall–Kier alpha value is -2.14. The summed E-state index contributed by atoms with van der Waals surface area (Å²) in [5.41, 5.74) is 1.16. The zero-order valence-corrected chi connectivity index (χ0v) is 12.1. The minimum Gasteiger partial charge on any atom is -0.480 e. The van der Waals surface area contributed by atoms with Gasteiger partial charge in [-0.15, -0.1) is 0 Å². The quantitative estimate of drug-likeness (QED) is 0.730. The van der Waals surface area contributed by atoms with Gasteiger partial charge in [-0.2, -0.15) is 0 Å². The van der Waals surface area contributed by atoms with Crippen molar-refractivity contribution in [2.75, 3.05) is 0 Å². The highest BCUT2D eigenvalue weighted by molar-refractivity contribution is 5.78. The summed E-state index contributed by atoms with van der Waals surface area (Å²) in [6.45, 7) is 2.27. The molecule has 0 radical (unpaired) electrons. The molecule has 1 aromatic carbocycles. The van der Waals surface area contributed by atoms with Crippen LogP contribution < -0.4 is 10.9 Å². The zero-order valence-electron chi connectivity index (χ0n) is 12.1. The minimum absolute atomic E-state index is 0.180. The van der Waals surface area contributed by atoms with Crippen molar-refractivity contribution in [3.05, 3.63) is 46.2 Å². The smallest absolute Gasteiger partial charge is 0.320 e. The number of carboxylic acid groups (broad SMARTS) is 1. The summed E-state index contributed by atoms with van der Waals surface area (Å²) in [4.78, 5) is 26.0. The van der Waals surface area contributed by atoms with Crippen LogP contribution in [0.25, 0.3) is 10.9 Å². The molecule has 1 heterocycles. The molecule has 21 heavy (non-hydrogen) atoms. The van der Waals surface area contributed by atoms with Gasteiger partial charge in [-0.3, -0.25) is 9.59 Å². The Balaban J connectivity index is 2.13. The first kappa shape index (κ1) is 15.3. The molecule has 0 aliphatic rings. The Labute approximate surface area is 123 Å². The largest absolute Gasteiger partial charge is 0.480 e. The maximum absolute atomic E-state index is 12.0. The number of carbonyl (C=O) groups is 1. The molecule has 2 aromatic rings. The fraction of sp³-hybridized carbons (Fsp3) is 0.375. The van der Waals surface area contributed by atoms with E-state index < -0.39 is 12.0 Å². The van der Waals surface area contributed by atoms with Crippen LogP contribution in [0.4, 0.5) is 0 Å². The molecular weight excluding hydrogens is 268 g/mol. The van der Waals surface area contributed by atoms with E-state index in [-0.39, 0.29) is 12.1 Å². The number of para-hydroxylation sites is 1. The van der Waals surface area contributed by atoms with Crippen molar-refractivity contribution in [3.63, 3.8) is 0 Å². The summed E-state index contributed by atoms with van der Waals surface area (Å²) >= 11 is 0. The van der Waals surface area contributed by atoms with Crippen molar-refractivity contribution in [3.8, 4) is 0 Å². The van der Waals surface area contributed by atoms with Gasteiger partial charge in [0.05, 0.1) is 0 Å². The Morgan fingerprint density at radius 1 is 1.38 bits per heavy atom. The topological polar surface area (TPSA) is 82.2 Å². The Kier molecular flexibility index (Phi) is 5.11. The molecule has 0 aliphatic heterocycles. The first-order chi connectivity index (χ1) is 10.1. The monoisotopic (exact) mass is 288 g/mol. The predicted molar refractivity (Wildman–Crippen MR) is 82.4 cm³/mol. The van der Waals surface area contributed by atoms with Crippen molar-refractivity contribution in [1.29, 1.82) is 0 Å². The van der Waals surface area contributed by atoms with Crippen LogP contribution in [0.3, 0.4) is 0 Å². The molecule has 1 atom stereocenters. The van der Waals surface area contributed by atoms with Gasteiger partial charge in [-0.25, -0.2) is 0 Å². The first-order valence-corrected chi connectivity index (χ1v) is 7.19. The van der Waals surface area contributed by atoms with Gasteiger partial charge in [0, 0.05) is 17.6 Å². The van der Waals surface area contributed by atoms with Crippen LogP contribution in [0.2, 0.25) is 0 Å². The van der Waals surface area contributed by atoms with E-state index in [1.54, 1.807) is 6.07 Å². The van der Waals surface area contributed by atoms with Gasteiger partial charge in [0.1, 0.15) is 6.04 Å². The summed E-state index contributed by atoms with van der Waals surface area (Å²) < 4.78 is 0. The first-order valence-electron chi connectivity index (χ1n) is 7.19. The van der Waals surface area contributed by atoms with E-state index >= 15 is 0 Å². The number of unbranched alkanes of at least 4 members (excludes halogenated alkanes) is 1. The number of carboxylic acids is 1. The second-order valence-corrected chi connectivity index (χ2v) is 5.12. The number of pyridine rings is 1. The van der Waals surface area contributed by atoms with E-state index in [0.717, 1.165) is 23.7 Å². The lowest BCUT2D eigenvalue weighted by Crippen LogP contribution is -2.37. The SMILES string of the molecule is CCCCC(NCc1cc2ccccc2[nH]c1=O)C(=O)O. The van der Waals surface area contributed by atoms with Crippen LogP contribution in [0.5, 0.6) is 0 Å². The highest BCUT2D eigenvalue weighted by Gasteiger charge is 2.16. The van der Waals surface area contributed by atoms with Crippen LogP contribution in [0.15, 0.2) is 35.1 Å². The standard InChI is InChI=1S/C16H20N2O3/c1-2-3-7-14(16(20)21)17-10-12-9-11-6-4-5-8-13(11)18-15(12)19/h4-6,8-9,14,17H,2-3,7,10H2,1H3,(H,18,19)(H,20,21). The molecule has 1 unspecified atom stereocenters. The average molecular weight is 288 g/mol. The van der Waals surface area contributed by atoms with Gasteiger partial charge in [0.2, 0.25) is 0 Å². The van der Waals surface area contributed by atoms with Crippen LogP contribution in [0.1, 0.15) is 31.7 Å². The number of rotatable bonds is 7. The summed E-state index contributed by atoms with van der Waals surface area (Å²) in [5, 5.41) is 13.1. The second kappa shape index (κ2) is 7.04. The maximum Gasteiger partial charge on any atom is 0.320 e. The van der Waals surface area contributed by atoms with Gasteiger partial charge in [-0.1, -0.05) is 38.0 Å². The molecule has 0 aliphatic carbocycles. The Bertz CT molecular complexity index is 679. The molecule has 3 N–H and O–H groups in total. The molecular formula is C16H20N2O3. The number of H-pyrrole nitrogens is 1. The lowest BCUT2D eigenvalue weighted by atomic mass is 10.1. The third-order valence-corrected chi connectivity index (χ3v) is 3.51. The van der Waals surface area contributed by atoms with E-state index in [2.05, 4.69) is 10.3 Å². The van der Waals surface area contributed by atoms with Gasteiger partial charge >= 0.3 is 5.97 Å². The molecule has 0 saturated heterocycles. The number of fused-ring (bicyclic) bond motifs is 1. The molecule has 0 bridgehead atoms. The van der Waals surface area contributed by atoms with E-state index in [4.69, 9.17) is 0 Å². The van der Waals surface area contributed by atoms with Gasteiger partial charge in [-0.05, 0) is 23.9 Å². The molecule has 2 rings (SSSR count). The third kappa shape index (κ3) is 3.92. The van der Waals surface area contributed by atoms with Crippen molar-refractivity contribution in [2.45, 2.75) is 38.8 Å². The molecule has 0 spiro atoms. The maximum atomic E-state index is 12.0. The number of hydrogen-bond acceptors (Lipinski definition) is 3. The van der Waals surface area contributed by atoms with Crippen molar-refractivity contribution >= 4 is 16.9 Å². The van der Waals surface area contributed by atoms with Gasteiger partial charge in [0.25, 0.3) is 5.56 Å². The van der Waals surface area contributed by atoms with Crippen LogP contribution in [0, 0.1) is 0 Å². The summed E-state index contributed by atoms with van der Waals surface area (Å²) in [6, 6.07) is 8.71. The Morgan fingerprint density at radius 3 is 2.86 bits per heavy atom. The molecule has 0 saturated carbocycles. The molecule has 5 nitrogen and oxygen atoms in total. The van der Waals surface area contributed by atoms with Gasteiger partial charge in [0.15, 0.2) is 0 Å². The van der Waals surface area contributed by atoms with E-state index in [0.29, 0.717) is 12.0 Å². The fourth-order valence-corrected chi connectivity index (χ4v) is 2.28.